The minimum absolute atomic E-state index is 0.00535. The second kappa shape index (κ2) is 10.9. The van der Waals surface area contributed by atoms with Gasteiger partial charge in [0.15, 0.2) is 0 Å². The zero-order valence-corrected chi connectivity index (χ0v) is 19.0. The van der Waals surface area contributed by atoms with E-state index in [1.165, 1.54) is 30.3 Å². The second-order valence-electron chi connectivity index (χ2n) is 7.74. The molecule has 0 bridgehead atoms. The van der Waals surface area contributed by atoms with Crippen molar-refractivity contribution < 1.29 is 23.6 Å². The molecule has 0 spiro atoms. The first kappa shape index (κ1) is 24.2. The molecule has 0 saturated carbocycles. The van der Waals surface area contributed by atoms with E-state index in [0.29, 0.717) is 11.1 Å². The molecule has 172 valence electrons. The Labute approximate surface area is 195 Å². The maximum Gasteiger partial charge on any atom is 0.293 e. The van der Waals surface area contributed by atoms with Crippen LogP contribution in [0.5, 0.6) is 0 Å². The van der Waals surface area contributed by atoms with Crippen LogP contribution in [0.15, 0.2) is 59.5 Å². The lowest BCUT2D eigenvalue weighted by molar-refractivity contribution is -0.125. The molecule has 1 aliphatic rings. The summed E-state index contributed by atoms with van der Waals surface area (Å²) in [5.74, 6) is -1.80. The van der Waals surface area contributed by atoms with Crippen LogP contribution in [-0.4, -0.2) is 47.0 Å². The minimum atomic E-state index is -0.772. The van der Waals surface area contributed by atoms with Gasteiger partial charge in [0, 0.05) is 18.7 Å². The van der Waals surface area contributed by atoms with Gasteiger partial charge in [0.25, 0.3) is 17.1 Å². The molecule has 0 aromatic heterocycles. The molecule has 1 aliphatic heterocycles. The number of nitrogens with one attached hydrogen (secondary N) is 2. The van der Waals surface area contributed by atoms with E-state index in [2.05, 4.69) is 10.6 Å². The van der Waals surface area contributed by atoms with Gasteiger partial charge in [-0.1, -0.05) is 44.2 Å². The van der Waals surface area contributed by atoms with Crippen molar-refractivity contribution >= 4 is 40.8 Å². The van der Waals surface area contributed by atoms with E-state index in [-0.39, 0.29) is 29.8 Å². The topological polar surface area (TPSA) is 95.6 Å². The quantitative estimate of drug-likeness (QED) is 0.578. The van der Waals surface area contributed by atoms with Gasteiger partial charge in [-0.25, -0.2) is 4.39 Å². The molecule has 2 N–H and O–H groups in total. The third-order valence-corrected chi connectivity index (χ3v) is 5.86. The van der Waals surface area contributed by atoms with E-state index in [4.69, 9.17) is 0 Å². The molecule has 2 aromatic rings. The molecule has 0 aliphatic carbocycles. The summed E-state index contributed by atoms with van der Waals surface area (Å²) in [6, 6.07) is 13.4. The lowest BCUT2D eigenvalue weighted by atomic mass is 10.0. The first-order valence-corrected chi connectivity index (χ1v) is 11.2. The highest BCUT2D eigenvalue weighted by Crippen LogP contribution is 2.31. The zero-order valence-electron chi connectivity index (χ0n) is 18.2. The number of halogens is 1. The number of imide groups is 1. The smallest absolute Gasteiger partial charge is 0.293 e. The summed E-state index contributed by atoms with van der Waals surface area (Å²) in [6.07, 6.45) is 1.52. The van der Waals surface area contributed by atoms with Crippen LogP contribution in [0.4, 0.5) is 9.18 Å². The van der Waals surface area contributed by atoms with Crippen molar-refractivity contribution in [3.05, 3.63) is 76.4 Å². The maximum atomic E-state index is 13.1. The fraction of sp³-hybridized carbons (Fsp3) is 0.250. The van der Waals surface area contributed by atoms with Crippen LogP contribution in [0.2, 0.25) is 0 Å². The van der Waals surface area contributed by atoms with Crippen LogP contribution in [0.1, 0.15) is 29.8 Å². The zero-order chi connectivity index (χ0) is 24.0. The lowest BCUT2D eigenvalue weighted by Gasteiger charge is -2.22. The Morgan fingerprint density at radius 3 is 2.36 bits per heavy atom. The van der Waals surface area contributed by atoms with Crippen LogP contribution in [0, 0.1) is 11.7 Å². The van der Waals surface area contributed by atoms with Gasteiger partial charge < -0.3 is 10.6 Å². The SMILES string of the molecule is CC(C)C(NC(=O)c1ccccc1)C(=O)NCCN1C(=O)S/C(=C/c2ccc(F)cc2)C1=O. The molecule has 1 saturated heterocycles. The summed E-state index contributed by atoms with van der Waals surface area (Å²) in [6.45, 7) is 3.66. The average Bonchev–Trinajstić information content (AvgIpc) is 3.06. The first-order chi connectivity index (χ1) is 15.8. The summed E-state index contributed by atoms with van der Waals surface area (Å²) in [5, 5.41) is 4.97. The Morgan fingerprint density at radius 1 is 1.06 bits per heavy atom. The molecule has 3 rings (SSSR count). The molecule has 33 heavy (non-hydrogen) atoms. The van der Waals surface area contributed by atoms with Crippen molar-refractivity contribution in [2.75, 3.05) is 13.1 Å². The second-order valence-corrected chi connectivity index (χ2v) is 8.73. The third-order valence-electron chi connectivity index (χ3n) is 4.95. The van der Waals surface area contributed by atoms with Gasteiger partial charge in [-0.2, -0.15) is 0 Å². The maximum absolute atomic E-state index is 13.1. The fourth-order valence-electron chi connectivity index (χ4n) is 3.15. The molecule has 1 atom stereocenters. The number of hydrogen-bond acceptors (Lipinski definition) is 5. The van der Waals surface area contributed by atoms with Gasteiger partial charge in [0.05, 0.1) is 4.91 Å². The largest absolute Gasteiger partial charge is 0.353 e. The molecule has 1 heterocycles. The lowest BCUT2D eigenvalue weighted by Crippen LogP contribution is -2.51. The molecule has 1 fully saturated rings. The Kier molecular flexibility index (Phi) is 8.00. The van der Waals surface area contributed by atoms with Gasteiger partial charge in [-0.15, -0.1) is 0 Å². The number of nitrogens with zero attached hydrogens (tertiary/aromatic N) is 1. The van der Waals surface area contributed by atoms with Gasteiger partial charge in [-0.05, 0) is 53.6 Å². The molecular weight excluding hydrogens is 445 g/mol. The van der Waals surface area contributed by atoms with Crippen LogP contribution >= 0.6 is 11.8 Å². The van der Waals surface area contributed by atoms with Gasteiger partial charge in [-0.3, -0.25) is 24.1 Å². The Hall–Kier alpha value is -3.46. The summed E-state index contributed by atoms with van der Waals surface area (Å²) in [7, 11) is 0. The minimum Gasteiger partial charge on any atom is -0.353 e. The molecular formula is C24H24FN3O4S. The summed E-state index contributed by atoms with van der Waals surface area (Å²) in [5.41, 5.74) is 1.05. The summed E-state index contributed by atoms with van der Waals surface area (Å²) >= 11 is 0.792. The third kappa shape index (κ3) is 6.29. The van der Waals surface area contributed by atoms with Gasteiger partial charge in [0.2, 0.25) is 5.91 Å². The van der Waals surface area contributed by atoms with E-state index in [1.807, 2.05) is 13.8 Å². The highest BCUT2D eigenvalue weighted by molar-refractivity contribution is 8.18. The normalized spacial score (nSPS) is 15.8. The Bertz CT molecular complexity index is 1070. The van der Waals surface area contributed by atoms with Crippen molar-refractivity contribution in [1.29, 1.82) is 0 Å². The predicted molar refractivity (Wildman–Crippen MR) is 125 cm³/mol. The Morgan fingerprint density at radius 2 is 1.73 bits per heavy atom. The molecule has 9 heteroatoms. The first-order valence-electron chi connectivity index (χ1n) is 10.4. The summed E-state index contributed by atoms with van der Waals surface area (Å²) < 4.78 is 13.1. The molecule has 4 amide bonds. The molecule has 7 nitrogen and oxygen atoms in total. The van der Waals surface area contributed by atoms with Crippen molar-refractivity contribution in [2.24, 2.45) is 5.92 Å². The summed E-state index contributed by atoms with van der Waals surface area (Å²) in [4.78, 5) is 51.2. The highest BCUT2D eigenvalue weighted by Gasteiger charge is 2.35. The Balaban J connectivity index is 1.56. The van der Waals surface area contributed by atoms with Crippen molar-refractivity contribution in [3.8, 4) is 0 Å². The van der Waals surface area contributed by atoms with E-state index in [9.17, 15) is 23.6 Å². The van der Waals surface area contributed by atoms with E-state index < -0.39 is 28.9 Å². The van der Waals surface area contributed by atoms with E-state index in [1.54, 1.807) is 30.3 Å². The van der Waals surface area contributed by atoms with Crippen LogP contribution in [0.25, 0.3) is 6.08 Å². The standard InChI is InChI=1S/C24H24FN3O4S/c1-15(2)20(27-21(29)17-6-4-3-5-7-17)22(30)26-12-13-28-23(31)19(33-24(28)32)14-16-8-10-18(25)11-9-16/h3-11,14-15,20H,12-13H2,1-2H3,(H,26,30)(H,27,29)/b19-14+. The van der Waals surface area contributed by atoms with E-state index >= 15 is 0 Å². The number of amides is 4. The fourth-order valence-corrected chi connectivity index (χ4v) is 4.02. The van der Waals surface area contributed by atoms with Crippen molar-refractivity contribution in [1.82, 2.24) is 15.5 Å². The number of carbonyl (C=O) groups is 4. The van der Waals surface area contributed by atoms with Gasteiger partial charge >= 0.3 is 0 Å². The number of thioether (sulfide) groups is 1. The van der Waals surface area contributed by atoms with Crippen molar-refractivity contribution in [2.45, 2.75) is 19.9 Å². The van der Waals surface area contributed by atoms with Crippen LogP contribution < -0.4 is 10.6 Å². The predicted octanol–water partition coefficient (Wildman–Crippen LogP) is 3.43. The van der Waals surface area contributed by atoms with E-state index in [0.717, 1.165) is 16.7 Å². The number of benzene rings is 2. The number of hydrogen-bond donors (Lipinski definition) is 2. The van der Waals surface area contributed by atoms with Crippen molar-refractivity contribution in [3.63, 3.8) is 0 Å². The highest BCUT2D eigenvalue weighted by atomic mass is 32.2. The van der Waals surface area contributed by atoms with Crippen LogP contribution in [0.3, 0.4) is 0 Å². The average molecular weight is 470 g/mol. The molecule has 0 radical (unpaired) electrons. The molecule has 2 aromatic carbocycles. The monoisotopic (exact) mass is 469 g/mol. The number of rotatable bonds is 8. The van der Waals surface area contributed by atoms with Gasteiger partial charge in [0.1, 0.15) is 11.9 Å². The number of carbonyl (C=O) groups excluding carboxylic acids is 4. The van der Waals surface area contributed by atoms with Crippen LogP contribution in [-0.2, 0) is 9.59 Å². The molecule has 1 unspecified atom stereocenters.